The van der Waals surface area contributed by atoms with Crippen LogP contribution < -0.4 is 0 Å². The number of nitro benzene ring substituents is 1. The number of oxime groups is 1. The van der Waals surface area contributed by atoms with Crippen LogP contribution in [-0.2, 0) is 9.63 Å². The van der Waals surface area contributed by atoms with E-state index in [-0.39, 0.29) is 5.69 Å². The van der Waals surface area contributed by atoms with Gasteiger partial charge in [-0.2, -0.15) is 0 Å². The molecule has 0 unspecified atom stereocenters. The van der Waals surface area contributed by atoms with Crippen LogP contribution in [0.1, 0.15) is 19.4 Å². The standard InChI is InChI=1S/C16H13FN2O4S/c1-10(18-23-11(2)20)12-3-8-16(15(17)9-12)24-14-6-4-13(5-7-14)19(21)22/h3-9H,1-2H3/b18-10+. The predicted octanol–water partition coefficient (Wildman–Crippen LogP) is 4.17. The quantitative estimate of drug-likeness (QED) is 0.350. The van der Waals surface area contributed by atoms with E-state index in [4.69, 9.17) is 0 Å². The summed E-state index contributed by atoms with van der Waals surface area (Å²) in [6, 6.07) is 10.4. The highest BCUT2D eigenvalue weighted by atomic mass is 32.2. The van der Waals surface area contributed by atoms with Crippen molar-refractivity contribution in [3.63, 3.8) is 0 Å². The van der Waals surface area contributed by atoms with E-state index >= 15 is 0 Å². The highest BCUT2D eigenvalue weighted by Gasteiger charge is 2.10. The van der Waals surface area contributed by atoms with E-state index in [1.54, 1.807) is 31.2 Å². The molecule has 0 heterocycles. The van der Waals surface area contributed by atoms with Crippen LogP contribution in [-0.4, -0.2) is 16.6 Å². The van der Waals surface area contributed by atoms with E-state index in [9.17, 15) is 19.3 Å². The van der Waals surface area contributed by atoms with Gasteiger partial charge in [0.15, 0.2) is 0 Å². The van der Waals surface area contributed by atoms with E-state index in [1.165, 1.54) is 25.1 Å². The van der Waals surface area contributed by atoms with Crippen LogP contribution in [0.25, 0.3) is 0 Å². The first-order chi connectivity index (χ1) is 11.4. The van der Waals surface area contributed by atoms with Gasteiger partial charge in [0.25, 0.3) is 5.69 Å². The fraction of sp³-hybridized carbons (Fsp3) is 0.125. The van der Waals surface area contributed by atoms with E-state index in [2.05, 4.69) is 9.99 Å². The molecule has 8 heteroatoms. The van der Waals surface area contributed by atoms with Gasteiger partial charge in [-0.3, -0.25) is 10.1 Å². The fourth-order valence-electron chi connectivity index (χ4n) is 1.76. The normalized spacial score (nSPS) is 11.2. The molecule has 0 amide bonds. The van der Waals surface area contributed by atoms with Gasteiger partial charge in [0, 0.05) is 34.4 Å². The number of nitro groups is 1. The second kappa shape index (κ2) is 7.69. The molecule has 0 radical (unpaired) electrons. The van der Waals surface area contributed by atoms with Crippen molar-refractivity contribution in [2.45, 2.75) is 23.6 Å². The van der Waals surface area contributed by atoms with Gasteiger partial charge >= 0.3 is 5.97 Å². The largest absolute Gasteiger partial charge is 0.331 e. The van der Waals surface area contributed by atoms with Crippen molar-refractivity contribution in [3.8, 4) is 0 Å². The van der Waals surface area contributed by atoms with Crippen LogP contribution in [0.4, 0.5) is 10.1 Å². The lowest BCUT2D eigenvalue weighted by Crippen LogP contribution is -2.00. The molecule has 0 saturated carbocycles. The summed E-state index contributed by atoms with van der Waals surface area (Å²) in [7, 11) is 0. The first-order valence-electron chi connectivity index (χ1n) is 6.81. The summed E-state index contributed by atoms with van der Waals surface area (Å²) in [6.07, 6.45) is 0. The zero-order chi connectivity index (χ0) is 17.7. The van der Waals surface area contributed by atoms with Gasteiger partial charge in [0.2, 0.25) is 0 Å². The van der Waals surface area contributed by atoms with Crippen LogP contribution in [0.15, 0.2) is 57.4 Å². The van der Waals surface area contributed by atoms with Crippen LogP contribution in [0.5, 0.6) is 0 Å². The van der Waals surface area contributed by atoms with Crippen molar-refractivity contribution in [3.05, 3.63) is 64.0 Å². The summed E-state index contributed by atoms with van der Waals surface area (Å²) in [5.74, 6) is -1.02. The number of non-ortho nitro benzene ring substituents is 1. The summed E-state index contributed by atoms with van der Waals surface area (Å²) in [5, 5.41) is 14.2. The minimum Gasteiger partial charge on any atom is -0.318 e. The van der Waals surface area contributed by atoms with E-state index in [0.717, 1.165) is 11.8 Å². The molecule has 6 nitrogen and oxygen atoms in total. The van der Waals surface area contributed by atoms with E-state index < -0.39 is 16.7 Å². The Morgan fingerprint density at radius 1 is 1.21 bits per heavy atom. The third-order valence-corrected chi connectivity index (χ3v) is 3.99. The minimum absolute atomic E-state index is 0.0209. The predicted molar refractivity (Wildman–Crippen MR) is 87.6 cm³/mol. The lowest BCUT2D eigenvalue weighted by Gasteiger charge is -2.06. The molecule has 2 aromatic carbocycles. The lowest BCUT2D eigenvalue weighted by molar-refractivity contribution is -0.384. The number of carbonyl (C=O) groups is 1. The molecule has 0 N–H and O–H groups in total. The molecule has 0 fully saturated rings. The first-order valence-corrected chi connectivity index (χ1v) is 7.63. The number of benzene rings is 2. The minimum atomic E-state index is -0.555. The van der Waals surface area contributed by atoms with Crippen molar-refractivity contribution in [2.24, 2.45) is 5.16 Å². The smallest absolute Gasteiger partial charge is 0.318 e. The average Bonchev–Trinajstić information content (AvgIpc) is 2.55. The topological polar surface area (TPSA) is 81.8 Å². The Bertz CT molecular complexity index is 806. The molecule has 0 saturated heterocycles. The van der Waals surface area contributed by atoms with Gasteiger partial charge in [-0.1, -0.05) is 23.0 Å². The van der Waals surface area contributed by atoms with Gasteiger partial charge in [-0.25, -0.2) is 9.18 Å². The molecule has 0 atom stereocenters. The third kappa shape index (κ3) is 4.63. The molecule has 0 bridgehead atoms. The summed E-state index contributed by atoms with van der Waals surface area (Å²) < 4.78 is 14.2. The SMILES string of the molecule is CC(=O)O/N=C(\C)c1ccc(Sc2ccc([N+](=O)[O-])cc2)c(F)c1. The second-order valence-electron chi connectivity index (χ2n) is 4.76. The summed E-state index contributed by atoms with van der Waals surface area (Å²) in [6.45, 7) is 2.82. The van der Waals surface area contributed by atoms with Crippen LogP contribution >= 0.6 is 11.8 Å². The number of halogens is 1. The second-order valence-corrected chi connectivity index (χ2v) is 5.87. The van der Waals surface area contributed by atoms with Gasteiger partial charge in [0.05, 0.1) is 10.6 Å². The van der Waals surface area contributed by atoms with Crippen molar-refractivity contribution in [1.82, 2.24) is 0 Å². The molecule has 2 rings (SSSR count). The number of carbonyl (C=O) groups excluding carboxylic acids is 1. The zero-order valence-corrected chi connectivity index (χ0v) is 13.7. The Kier molecular flexibility index (Phi) is 5.64. The van der Waals surface area contributed by atoms with Crippen molar-refractivity contribution in [2.75, 3.05) is 0 Å². The molecule has 0 spiro atoms. The van der Waals surface area contributed by atoms with Crippen molar-refractivity contribution in [1.29, 1.82) is 0 Å². The van der Waals surface area contributed by atoms with E-state index in [1.807, 2.05) is 0 Å². The zero-order valence-electron chi connectivity index (χ0n) is 12.9. The molecule has 0 aromatic heterocycles. The fourth-order valence-corrected chi connectivity index (χ4v) is 2.58. The highest BCUT2D eigenvalue weighted by Crippen LogP contribution is 2.31. The molecule has 0 aliphatic heterocycles. The van der Waals surface area contributed by atoms with Crippen molar-refractivity contribution < 1.29 is 18.9 Å². The summed E-state index contributed by atoms with van der Waals surface area (Å²) in [4.78, 5) is 26.4. The van der Waals surface area contributed by atoms with Gasteiger partial charge in [-0.05, 0) is 31.2 Å². The molecular formula is C16H13FN2O4S. The highest BCUT2D eigenvalue weighted by molar-refractivity contribution is 7.99. The monoisotopic (exact) mass is 348 g/mol. The first kappa shape index (κ1) is 17.6. The number of hydrogen-bond donors (Lipinski definition) is 0. The molecule has 124 valence electrons. The van der Waals surface area contributed by atoms with Gasteiger partial charge < -0.3 is 4.84 Å². The maximum atomic E-state index is 14.2. The summed E-state index contributed by atoms with van der Waals surface area (Å²) >= 11 is 1.15. The molecule has 24 heavy (non-hydrogen) atoms. The van der Waals surface area contributed by atoms with Crippen LogP contribution in [0.3, 0.4) is 0 Å². The van der Waals surface area contributed by atoms with Crippen LogP contribution in [0, 0.1) is 15.9 Å². The Labute approximate surface area is 141 Å². The average molecular weight is 348 g/mol. The van der Waals surface area contributed by atoms with Gasteiger partial charge in [-0.15, -0.1) is 0 Å². The third-order valence-electron chi connectivity index (χ3n) is 2.94. The maximum absolute atomic E-state index is 14.2. The Hall–Kier alpha value is -2.74. The number of hydrogen-bond acceptors (Lipinski definition) is 6. The Balaban J connectivity index is 2.16. The number of rotatable bonds is 5. The van der Waals surface area contributed by atoms with Crippen LogP contribution in [0.2, 0.25) is 0 Å². The summed E-state index contributed by atoms with van der Waals surface area (Å²) in [5.41, 5.74) is 0.838. The Morgan fingerprint density at radius 2 is 1.88 bits per heavy atom. The molecule has 0 aliphatic rings. The maximum Gasteiger partial charge on any atom is 0.331 e. The van der Waals surface area contributed by atoms with Gasteiger partial charge in [0.1, 0.15) is 5.82 Å². The Morgan fingerprint density at radius 3 is 2.42 bits per heavy atom. The molecular weight excluding hydrogens is 335 g/mol. The molecule has 2 aromatic rings. The lowest BCUT2D eigenvalue weighted by atomic mass is 10.1. The molecule has 0 aliphatic carbocycles. The number of nitrogens with zero attached hydrogens (tertiary/aromatic N) is 2. The van der Waals surface area contributed by atoms with E-state index in [0.29, 0.717) is 21.1 Å². The van der Waals surface area contributed by atoms with Crippen molar-refractivity contribution >= 4 is 29.1 Å².